The van der Waals surface area contributed by atoms with Gasteiger partial charge in [-0.15, -0.1) is 24.0 Å². The van der Waals surface area contributed by atoms with Crippen LogP contribution in [0.25, 0.3) is 0 Å². The van der Waals surface area contributed by atoms with E-state index in [-0.39, 0.29) is 35.3 Å². The summed E-state index contributed by atoms with van der Waals surface area (Å²) in [6, 6.07) is 1.79. The lowest BCUT2D eigenvalue weighted by Gasteiger charge is -2.31. The van der Waals surface area contributed by atoms with E-state index in [4.69, 9.17) is 4.52 Å². The summed E-state index contributed by atoms with van der Waals surface area (Å²) in [6.07, 6.45) is 5.61. The number of carbonyl (C=O) groups excluding carboxylic acids is 1. The van der Waals surface area contributed by atoms with Crippen LogP contribution in [-0.2, 0) is 11.3 Å². The average molecular weight is 449 g/mol. The number of aromatic nitrogens is 1. The van der Waals surface area contributed by atoms with E-state index < -0.39 is 0 Å². The van der Waals surface area contributed by atoms with Crippen LogP contribution in [0, 0.1) is 5.41 Å². The van der Waals surface area contributed by atoms with Gasteiger partial charge in [0.05, 0.1) is 12.0 Å². The molecule has 1 aliphatic rings. The second-order valence-electron chi connectivity index (χ2n) is 6.23. The number of amides is 1. The summed E-state index contributed by atoms with van der Waals surface area (Å²) in [5, 5.41) is 10.4. The number of guanidine groups is 1. The molecule has 1 heterocycles. The van der Waals surface area contributed by atoms with Gasteiger partial charge in [0.15, 0.2) is 5.96 Å². The van der Waals surface area contributed by atoms with E-state index in [2.05, 4.69) is 20.8 Å². The highest BCUT2D eigenvalue weighted by atomic mass is 127. The first kappa shape index (κ1) is 20.7. The van der Waals surface area contributed by atoms with Crippen LogP contribution < -0.4 is 10.6 Å². The molecule has 1 aliphatic carbocycles. The van der Waals surface area contributed by atoms with Gasteiger partial charge >= 0.3 is 0 Å². The van der Waals surface area contributed by atoms with Crippen LogP contribution in [0.1, 0.15) is 38.3 Å². The molecule has 1 amide bonds. The third-order valence-electron chi connectivity index (χ3n) is 4.25. The fraction of sp³-hybridized carbons (Fsp3) is 0.688. The predicted molar refractivity (Wildman–Crippen MR) is 104 cm³/mol. The van der Waals surface area contributed by atoms with Crippen molar-refractivity contribution in [1.29, 1.82) is 0 Å². The van der Waals surface area contributed by atoms with Crippen LogP contribution in [0.4, 0.5) is 0 Å². The Bertz CT molecular complexity index is 525. The van der Waals surface area contributed by atoms with E-state index >= 15 is 0 Å². The Balaban J connectivity index is 0.00000288. The van der Waals surface area contributed by atoms with Gasteiger partial charge in [0, 0.05) is 33.3 Å². The maximum atomic E-state index is 12.6. The largest absolute Gasteiger partial charge is 0.364 e. The first-order valence-corrected chi connectivity index (χ1v) is 8.20. The number of carbonyl (C=O) groups is 1. The zero-order valence-electron chi connectivity index (χ0n) is 14.7. The Kier molecular flexibility index (Phi) is 8.51. The fourth-order valence-electron chi connectivity index (χ4n) is 3.07. The molecular weight excluding hydrogens is 421 g/mol. The number of hydrogen-bond acceptors (Lipinski definition) is 4. The molecule has 0 unspecified atom stereocenters. The molecule has 0 bridgehead atoms. The Morgan fingerprint density at radius 3 is 2.62 bits per heavy atom. The summed E-state index contributed by atoms with van der Waals surface area (Å²) in [6.45, 7) is 3.83. The summed E-state index contributed by atoms with van der Waals surface area (Å²) in [5.41, 5.74) is 0.468. The molecule has 0 aromatic carbocycles. The lowest BCUT2D eigenvalue weighted by Crippen LogP contribution is -2.49. The zero-order chi connectivity index (χ0) is 16.7. The summed E-state index contributed by atoms with van der Waals surface area (Å²) in [4.78, 5) is 18.8. The summed E-state index contributed by atoms with van der Waals surface area (Å²) in [5.74, 6) is 0.906. The molecule has 7 nitrogen and oxygen atoms in total. The number of nitrogens with one attached hydrogen (secondary N) is 2. The Hall–Kier alpha value is -1.32. The second-order valence-corrected chi connectivity index (χ2v) is 6.23. The van der Waals surface area contributed by atoms with Crippen molar-refractivity contribution in [2.24, 2.45) is 10.4 Å². The quantitative estimate of drug-likeness (QED) is 0.395. The summed E-state index contributed by atoms with van der Waals surface area (Å²) < 4.78 is 4.81. The van der Waals surface area contributed by atoms with Crippen molar-refractivity contribution in [2.45, 2.75) is 39.2 Å². The minimum atomic E-state index is -0.312. The lowest BCUT2D eigenvalue weighted by atomic mass is 9.84. The lowest BCUT2D eigenvalue weighted by molar-refractivity contribution is -0.138. The topological polar surface area (TPSA) is 82.8 Å². The molecule has 1 fully saturated rings. The van der Waals surface area contributed by atoms with Gasteiger partial charge in [0.1, 0.15) is 12.0 Å². The van der Waals surface area contributed by atoms with E-state index in [0.29, 0.717) is 19.0 Å². The number of nitrogens with zero attached hydrogens (tertiary/aromatic N) is 3. The van der Waals surface area contributed by atoms with Crippen LogP contribution in [-0.4, -0.2) is 49.1 Å². The highest BCUT2D eigenvalue weighted by Crippen LogP contribution is 2.38. The van der Waals surface area contributed by atoms with Crippen molar-refractivity contribution >= 4 is 35.8 Å². The van der Waals surface area contributed by atoms with Crippen LogP contribution in [0.2, 0.25) is 0 Å². The van der Waals surface area contributed by atoms with Gasteiger partial charge in [-0.3, -0.25) is 4.79 Å². The average Bonchev–Trinajstić information content (AvgIpc) is 3.21. The molecule has 0 saturated heterocycles. The third kappa shape index (κ3) is 5.35. The number of rotatable bonds is 6. The molecule has 0 atom stereocenters. The maximum absolute atomic E-state index is 12.6. The van der Waals surface area contributed by atoms with Crippen molar-refractivity contribution in [3.8, 4) is 0 Å². The molecule has 2 N–H and O–H groups in total. The Morgan fingerprint density at radius 1 is 1.38 bits per heavy atom. The SMILES string of the molecule is CCNC(=NCc1ccon1)NCC1(C(=O)N(C)C)CCCC1.I. The van der Waals surface area contributed by atoms with Crippen molar-refractivity contribution in [3.05, 3.63) is 18.0 Å². The highest BCUT2D eigenvalue weighted by Gasteiger charge is 2.42. The van der Waals surface area contributed by atoms with Crippen molar-refractivity contribution < 1.29 is 9.32 Å². The molecule has 1 aromatic heterocycles. The van der Waals surface area contributed by atoms with Gasteiger partial charge in [-0.05, 0) is 19.8 Å². The molecule has 1 aromatic rings. The molecule has 0 aliphatic heterocycles. The van der Waals surface area contributed by atoms with Crippen molar-refractivity contribution in [3.63, 3.8) is 0 Å². The molecule has 1 saturated carbocycles. The van der Waals surface area contributed by atoms with Crippen molar-refractivity contribution in [2.75, 3.05) is 27.2 Å². The maximum Gasteiger partial charge on any atom is 0.230 e. The molecule has 8 heteroatoms. The first-order chi connectivity index (χ1) is 11.1. The van der Waals surface area contributed by atoms with Crippen LogP contribution in [0.15, 0.2) is 21.8 Å². The second kappa shape index (κ2) is 9.85. The summed E-state index contributed by atoms with van der Waals surface area (Å²) in [7, 11) is 3.65. The van der Waals surface area contributed by atoms with Gasteiger partial charge in [-0.2, -0.15) is 0 Å². The highest BCUT2D eigenvalue weighted by molar-refractivity contribution is 14.0. The van der Waals surface area contributed by atoms with Crippen LogP contribution in [0.5, 0.6) is 0 Å². The van der Waals surface area contributed by atoms with Crippen molar-refractivity contribution in [1.82, 2.24) is 20.7 Å². The number of aliphatic imine (C=N–C) groups is 1. The predicted octanol–water partition coefficient (Wildman–Crippen LogP) is 2.00. The van der Waals surface area contributed by atoms with Gasteiger partial charge in [-0.1, -0.05) is 18.0 Å². The van der Waals surface area contributed by atoms with Crippen LogP contribution >= 0.6 is 24.0 Å². The van der Waals surface area contributed by atoms with E-state index in [0.717, 1.165) is 37.9 Å². The molecule has 2 rings (SSSR count). The van der Waals surface area contributed by atoms with Gasteiger partial charge in [0.2, 0.25) is 5.91 Å². The summed E-state index contributed by atoms with van der Waals surface area (Å²) >= 11 is 0. The van der Waals surface area contributed by atoms with Crippen LogP contribution in [0.3, 0.4) is 0 Å². The minimum Gasteiger partial charge on any atom is -0.364 e. The van der Waals surface area contributed by atoms with Gasteiger partial charge < -0.3 is 20.1 Å². The van der Waals surface area contributed by atoms with Gasteiger partial charge in [-0.25, -0.2) is 4.99 Å². The number of hydrogen-bond donors (Lipinski definition) is 2. The van der Waals surface area contributed by atoms with E-state index in [1.807, 2.05) is 21.0 Å². The molecular formula is C16H28IN5O2. The standard InChI is InChI=1S/C16H27N5O2.HI/c1-4-17-15(18-11-13-7-10-23-20-13)19-12-16(8-5-6-9-16)14(22)21(2)3;/h7,10H,4-6,8-9,11-12H2,1-3H3,(H2,17,18,19);1H. The Morgan fingerprint density at radius 2 is 2.08 bits per heavy atom. The van der Waals surface area contributed by atoms with E-state index in [9.17, 15) is 4.79 Å². The first-order valence-electron chi connectivity index (χ1n) is 8.20. The molecule has 0 spiro atoms. The smallest absolute Gasteiger partial charge is 0.230 e. The monoisotopic (exact) mass is 449 g/mol. The van der Waals surface area contributed by atoms with Gasteiger partial charge in [0.25, 0.3) is 0 Å². The van der Waals surface area contributed by atoms with E-state index in [1.54, 1.807) is 11.0 Å². The zero-order valence-corrected chi connectivity index (χ0v) is 17.0. The minimum absolute atomic E-state index is 0. The molecule has 0 radical (unpaired) electrons. The fourth-order valence-corrected chi connectivity index (χ4v) is 3.07. The molecule has 136 valence electrons. The third-order valence-corrected chi connectivity index (χ3v) is 4.25. The molecule has 24 heavy (non-hydrogen) atoms. The van der Waals surface area contributed by atoms with E-state index in [1.165, 1.54) is 6.26 Å². The number of halogens is 1. The normalized spacial score (nSPS) is 16.4. The Labute approximate surface area is 160 Å².